The predicted octanol–water partition coefficient (Wildman–Crippen LogP) is 10.4. The number of aromatic nitrogens is 4. The van der Waals surface area contributed by atoms with Gasteiger partial charge in [0, 0.05) is 48.7 Å². The second-order valence-corrected chi connectivity index (χ2v) is 23.5. The zero-order chi connectivity index (χ0) is 46.5. The first-order valence-corrected chi connectivity index (χ1v) is 23.6. The molecule has 344 valence electrons. The number of amides is 2. The molecule has 4 bridgehead atoms. The van der Waals surface area contributed by atoms with Gasteiger partial charge in [-0.1, -0.05) is 70.2 Å². The number of aliphatic imine (C=N–C) groups is 1. The Morgan fingerprint density at radius 3 is 2.38 bits per heavy atom. The summed E-state index contributed by atoms with van der Waals surface area (Å²) in [5.74, 6) is -1.32. The second-order valence-electron chi connectivity index (χ2n) is 22.5. The maximum absolute atomic E-state index is 13.9. The summed E-state index contributed by atoms with van der Waals surface area (Å²) in [7, 11) is 1.76. The Morgan fingerprint density at radius 1 is 0.985 bits per heavy atom. The number of dihydropyridines is 1. The van der Waals surface area contributed by atoms with Crippen LogP contribution in [0.4, 0.5) is 9.93 Å². The number of para-hydroxylation sites is 2. The number of nitrogens with one attached hydrogen (secondary N) is 2. The van der Waals surface area contributed by atoms with Crippen molar-refractivity contribution in [3.63, 3.8) is 0 Å². The number of allylic oxidation sites excluding steroid dienone is 1. The number of ether oxygens (including phenoxy) is 2. The molecule has 13 nitrogen and oxygen atoms in total. The number of carboxylic acid groups (broad SMARTS) is 1. The van der Waals surface area contributed by atoms with E-state index in [-0.39, 0.29) is 33.8 Å². The Morgan fingerprint density at radius 2 is 1.71 bits per heavy atom. The summed E-state index contributed by atoms with van der Waals surface area (Å²) in [6.45, 7) is 20.3. The van der Waals surface area contributed by atoms with Gasteiger partial charge in [-0.05, 0) is 124 Å². The largest absolute Gasteiger partial charge is 0.480 e. The van der Waals surface area contributed by atoms with Crippen LogP contribution in [0.2, 0.25) is 0 Å². The van der Waals surface area contributed by atoms with Crippen LogP contribution in [0.1, 0.15) is 121 Å². The van der Waals surface area contributed by atoms with Crippen LogP contribution in [0.5, 0.6) is 0 Å². The standard InChI is InChI=1S/C51H63N7O6S/c1-31-35(23-53-58(31)30-49-25-47(8)24-48(9,26-49)28-50(27-47,29-49)63-21-20-57(10)44(62)64-46(5,6)7)51(45(2,3)4)34(18-19-52-40(51)42(60)61)37-22-32-14-13-15-33(39(32)54-37)41(59)56-43-55-36-16-11-12-17-38(36)65-43/h11-19,22-23,40,54H,20-21,24-30H2,1-10H3,(H,60,61)(H,55,56,59). The number of hydrogen-bond acceptors (Lipinski definition) is 9. The van der Waals surface area contributed by atoms with E-state index in [1.54, 1.807) is 24.2 Å². The fraction of sp³-hybridized carbons (Fsp3) is 0.529. The van der Waals surface area contributed by atoms with E-state index in [4.69, 9.17) is 19.6 Å². The lowest BCUT2D eigenvalue weighted by Crippen LogP contribution is -2.64. The number of fused-ring (bicyclic) bond motifs is 2. The summed E-state index contributed by atoms with van der Waals surface area (Å²) < 4.78 is 15.7. The SMILES string of the molecule is Cc1c(C2(C(C)(C)C)C(c3cc4cccc(C(=O)Nc5nc6ccccc6s5)c4[nH]3)=CC=NC2C(=O)O)cnn1CC12CC3(C)CC(C)(C1)CC(OCCN(C)C(=O)OC(C)(C)C)(C3)C2. The van der Waals surface area contributed by atoms with Crippen LogP contribution in [0.3, 0.4) is 0 Å². The molecule has 4 heterocycles. The maximum Gasteiger partial charge on any atom is 0.410 e. The topological polar surface area (TPSA) is 164 Å². The number of anilines is 1. The Kier molecular flexibility index (Phi) is 10.6. The van der Waals surface area contributed by atoms with Crippen molar-refractivity contribution in [2.45, 2.75) is 130 Å². The zero-order valence-electron chi connectivity index (χ0n) is 39.4. The molecule has 14 heteroatoms. The van der Waals surface area contributed by atoms with E-state index in [0.717, 1.165) is 71.0 Å². The number of thiazole rings is 1. The van der Waals surface area contributed by atoms with Crippen LogP contribution in [-0.4, -0.2) is 91.4 Å². The molecule has 4 saturated carbocycles. The Hall–Kier alpha value is -5.34. The van der Waals surface area contributed by atoms with Crippen LogP contribution in [0, 0.1) is 28.6 Å². The first-order chi connectivity index (χ1) is 30.5. The van der Waals surface area contributed by atoms with Crippen molar-refractivity contribution in [1.29, 1.82) is 0 Å². The summed E-state index contributed by atoms with van der Waals surface area (Å²) >= 11 is 1.42. The molecule has 3 aromatic heterocycles. The Labute approximate surface area is 385 Å². The maximum atomic E-state index is 13.9. The van der Waals surface area contributed by atoms with Gasteiger partial charge in [0.2, 0.25) is 0 Å². The average Bonchev–Trinajstić information content (AvgIpc) is 3.91. The number of benzene rings is 2. The van der Waals surface area contributed by atoms with Gasteiger partial charge in [0.1, 0.15) is 5.60 Å². The molecule has 5 aromatic rings. The highest BCUT2D eigenvalue weighted by Crippen LogP contribution is 2.72. The normalized spacial score (nSPS) is 28.5. The molecule has 0 saturated heterocycles. The van der Waals surface area contributed by atoms with Gasteiger partial charge in [0.15, 0.2) is 11.2 Å². The molecule has 4 unspecified atom stereocenters. The van der Waals surface area contributed by atoms with Crippen molar-refractivity contribution in [2.75, 3.05) is 25.5 Å². The minimum atomic E-state index is -1.18. The molecule has 65 heavy (non-hydrogen) atoms. The molecule has 2 aromatic carbocycles. The predicted molar refractivity (Wildman–Crippen MR) is 256 cm³/mol. The number of aliphatic carboxylic acids is 1. The number of H-pyrrole nitrogens is 1. The van der Waals surface area contributed by atoms with E-state index in [2.05, 4.69) is 61.5 Å². The molecule has 4 atom stereocenters. The number of likely N-dealkylation sites (N-methyl/N-ethyl adjacent to an activating group) is 1. The van der Waals surface area contributed by atoms with E-state index in [1.165, 1.54) is 11.3 Å². The number of carbonyl (C=O) groups is 3. The number of aromatic amines is 1. The average molecular weight is 902 g/mol. The van der Waals surface area contributed by atoms with Crippen LogP contribution < -0.4 is 5.32 Å². The van der Waals surface area contributed by atoms with Crippen LogP contribution in [0.25, 0.3) is 26.7 Å². The number of carbonyl (C=O) groups excluding carboxylic acids is 2. The molecule has 4 aliphatic carbocycles. The third kappa shape index (κ3) is 7.87. The highest BCUT2D eigenvalue weighted by atomic mass is 32.1. The lowest BCUT2D eigenvalue weighted by molar-refractivity contribution is -0.248. The molecular weight excluding hydrogens is 839 g/mol. The summed E-state index contributed by atoms with van der Waals surface area (Å²) in [4.78, 5) is 54.9. The molecule has 0 spiro atoms. The van der Waals surface area contributed by atoms with Gasteiger partial charge in [0.05, 0.1) is 45.1 Å². The van der Waals surface area contributed by atoms with E-state index in [1.807, 2.05) is 75.5 Å². The van der Waals surface area contributed by atoms with Gasteiger partial charge in [-0.25, -0.2) is 14.6 Å². The zero-order valence-corrected chi connectivity index (χ0v) is 40.2. The second kappa shape index (κ2) is 15.4. The van der Waals surface area contributed by atoms with Crippen molar-refractivity contribution in [2.24, 2.45) is 26.7 Å². The smallest absolute Gasteiger partial charge is 0.410 e. The lowest BCUT2D eigenvalue weighted by atomic mass is 9.39. The molecule has 3 N–H and O–H groups in total. The van der Waals surface area contributed by atoms with Crippen molar-refractivity contribution < 1.29 is 29.0 Å². The summed E-state index contributed by atoms with van der Waals surface area (Å²) in [6.07, 6.45) is 11.1. The van der Waals surface area contributed by atoms with Gasteiger partial charge in [-0.15, -0.1) is 0 Å². The summed E-state index contributed by atoms with van der Waals surface area (Å²) in [5.41, 5.74) is 2.40. The number of carboxylic acids is 1. The minimum Gasteiger partial charge on any atom is -0.480 e. The molecule has 10 rings (SSSR count). The lowest BCUT2D eigenvalue weighted by Gasteiger charge is -2.69. The minimum absolute atomic E-state index is 0.0826. The number of hydrogen-bond donors (Lipinski definition) is 3. The molecule has 0 radical (unpaired) electrons. The third-order valence-electron chi connectivity index (χ3n) is 14.6. The van der Waals surface area contributed by atoms with Gasteiger partial charge in [-0.3, -0.25) is 19.8 Å². The van der Waals surface area contributed by atoms with Crippen LogP contribution in [0.15, 0.2) is 65.8 Å². The van der Waals surface area contributed by atoms with Gasteiger partial charge < -0.3 is 24.5 Å². The third-order valence-corrected chi connectivity index (χ3v) is 15.6. The molecule has 1 aliphatic heterocycles. The van der Waals surface area contributed by atoms with Gasteiger partial charge in [0.25, 0.3) is 5.91 Å². The summed E-state index contributed by atoms with van der Waals surface area (Å²) in [6, 6.07) is 14.2. The van der Waals surface area contributed by atoms with Crippen molar-refractivity contribution in [3.8, 4) is 0 Å². The summed E-state index contributed by atoms with van der Waals surface area (Å²) in [5, 5.41) is 20.6. The van der Waals surface area contributed by atoms with Crippen molar-refractivity contribution in [3.05, 3.63) is 83.3 Å². The number of nitrogens with zero attached hydrogens (tertiary/aromatic N) is 5. The first kappa shape index (κ1) is 44.8. The molecular formula is C51H63N7O6S. The molecule has 5 aliphatic rings. The Balaban J connectivity index is 1.05. The molecule has 4 fully saturated rings. The highest BCUT2D eigenvalue weighted by Gasteiger charge is 2.66. The van der Waals surface area contributed by atoms with Crippen LogP contribution in [-0.2, 0) is 26.2 Å². The first-order valence-electron chi connectivity index (χ1n) is 22.8. The fourth-order valence-corrected chi connectivity index (χ4v) is 14.4. The quantitative estimate of drug-likeness (QED) is 0.118. The van der Waals surface area contributed by atoms with Crippen LogP contribution >= 0.6 is 11.3 Å². The van der Waals surface area contributed by atoms with E-state index in [0.29, 0.717) is 41.6 Å². The van der Waals surface area contributed by atoms with Gasteiger partial charge in [-0.2, -0.15) is 5.10 Å². The monoisotopic (exact) mass is 901 g/mol. The van der Waals surface area contributed by atoms with Crippen molar-refractivity contribution >= 4 is 67.3 Å². The highest BCUT2D eigenvalue weighted by molar-refractivity contribution is 7.22. The van der Waals surface area contributed by atoms with E-state index < -0.39 is 28.4 Å². The number of rotatable bonds is 11. The van der Waals surface area contributed by atoms with Gasteiger partial charge >= 0.3 is 12.1 Å². The Bertz CT molecular complexity index is 2730. The van der Waals surface area contributed by atoms with E-state index in [9.17, 15) is 19.5 Å². The fourth-order valence-electron chi connectivity index (χ4n) is 13.5. The van der Waals surface area contributed by atoms with E-state index >= 15 is 0 Å². The molecule has 2 amide bonds. The van der Waals surface area contributed by atoms with Crippen molar-refractivity contribution in [1.82, 2.24) is 24.6 Å².